The number of aliphatic hydroxyl groups is 1. The van der Waals surface area contributed by atoms with E-state index in [0.717, 1.165) is 0 Å². The van der Waals surface area contributed by atoms with Crippen LogP contribution in [0.1, 0.15) is 6.42 Å². The fourth-order valence-electron chi connectivity index (χ4n) is 1.27. The number of ether oxygens (including phenoxy) is 3. The normalized spacial score (nSPS) is 12.4. The number of rotatable bonds is 13. The van der Waals surface area contributed by atoms with Gasteiger partial charge in [-0.1, -0.05) is 0 Å². The van der Waals surface area contributed by atoms with Crippen molar-refractivity contribution in [1.82, 2.24) is 10.6 Å². The Kier molecular flexibility index (Phi) is 13.2. The first-order valence-electron chi connectivity index (χ1n) is 6.41. The molecule has 3 N–H and O–H groups in total. The molecular weight excluding hydrogens is 252 g/mol. The van der Waals surface area contributed by atoms with Crippen molar-refractivity contribution in [3.05, 3.63) is 0 Å². The number of hydrogen-bond acceptors (Lipinski definition) is 6. The second-order valence-corrected chi connectivity index (χ2v) is 4.02. The number of amides is 1. The van der Waals surface area contributed by atoms with Crippen LogP contribution in [-0.4, -0.2) is 77.4 Å². The van der Waals surface area contributed by atoms with E-state index in [-0.39, 0.29) is 12.5 Å². The van der Waals surface area contributed by atoms with Crippen molar-refractivity contribution in [3.63, 3.8) is 0 Å². The Labute approximate surface area is 114 Å². The van der Waals surface area contributed by atoms with E-state index in [4.69, 9.17) is 14.2 Å². The van der Waals surface area contributed by atoms with E-state index in [2.05, 4.69) is 10.6 Å². The lowest BCUT2D eigenvalue weighted by Crippen LogP contribution is -2.34. The number of carbonyl (C=O) groups is 1. The van der Waals surface area contributed by atoms with Gasteiger partial charge in [0.05, 0.1) is 32.5 Å². The molecule has 0 aliphatic heterocycles. The number of carbonyl (C=O) groups excluding carboxylic acids is 1. The number of hydrogen-bond donors (Lipinski definition) is 3. The van der Waals surface area contributed by atoms with Gasteiger partial charge in [0.25, 0.3) is 0 Å². The molecule has 0 aliphatic carbocycles. The Hall–Kier alpha value is -0.730. The van der Waals surface area contributed by atoms with Crippen LogP contribution in [0.25, 0.3) is 0 Å². The molecule has 7 nitrogen and oxygen atoms in total. The van der Waals surface area contributed by atoms with Crippen LogP contribution in [0.3, 0.4) is 0 Å². The summed E-state index contributed by atoms with van der Waals surface area (Å²) in [5.74, 6) is -0.0321. The third-order valence-corrected chi connectivity index (χ3v) is 2.28. The summed E-state index contributed by atoms with van der Waals surface area (Å²) in [6.45, 7) is 3.20. The van der Waals surface area contributed by atoms with Crippen LogP contribution in [0.15, 0.2) is 0 Å². The molecule has 0 aromatic rings. The average Bonchev–Trinajstić information content (AvgIpc) is 2.40. The fourth-order valence-corrected chi connectivity index (χ4v) is 1.27. The van der Waals surface area contributed by atoms with E-state index in [1.807, 2.05) is 0 Å². The molecule has 0 radical (unpaired) electrons. The monoisotopic (exact) mass is 278 g/mol. The molecule has 1 atom stereocenters. The molecule has 0 bridgehead atoms. The highest BCUT2D eigenvalue weighted by atomic mass is 16.5. The summed E-state index contributed by atoms with van der Waals surface area (Å²) in [6.07, 6.45) is -0.200. The molecule has 19 heavy (non-hydrogen) atoms. The topological polar surface area (TPSA) is 89.1 Å². The highest BCUT2D eigenvalue weighted by Gasteiger charge is 2.04. The molecule has 0 aliphatic rings. The van der Waals surface area contributed by atoms with E-state index in [1.165, 1.54) is 0 Å². The van der Waals surface area contributed by atoms with Crippen LogP contribution >= 0.6 is 0 Å². The first-order chi connectivity index (χ1) is 9.20. The first kappa shape index (κ1) is 18.3. The van der Waals surface area contributed by atoms with Crippen molar-refractivity contribution in [2.75, 3.05) is 60.3 Å². The predicted octanol–water partition coefficient (Wildman–Crippen LogP) is -1.25. The molecule has 0 rings (SSSR count). The second kappa shape index (κ2) is 13.7. The molecule has 0 heterocycles. The standard InChI is InChI=1S/C12H26N2O5/c1-17-6-5-14-12(16)3-4-13-9-11(15)10-19-8-7-18-2/h11,13,15H,3-10H2,1-2H3,(H,14,16). The zero-order valence-electron chi connectivity index (χ0n) is 11.8. The Bertz CT molecular complexity index is 216. The van der Waals surface area contributed by atoms with Crippen LogP contribution < -0.4 is 10.6 Å². The van der Waals surface area contributed by atoms with Gasteiger partial charge in [-0.05, 0) is 0 Å². The third kappa shape index (κ3) is 13.5. The van der Waals surface area contributed by atoms with E-state index in [9.17, 15) is 9.90 Å². The van der Waals surface area contributed by atoms with Gasteiger partial charge in [0.1, 0.15) is 0 Å². The van der Waals surface area contributed by atoms with Gasteiger partial charge < -0.3 is 30.0 Å². The molecule has 114 valence electrons. The quantitative estimate of drug-likeness (QED) is 0.365. The highest BCUT2D eigenvalue weighted by molar-refractivity contribution is 5.75. The average molecular weight is 278 g/mol. The van der Waals surface area contributed by atoms with Crippen LogP contribution in [0.4, 0.5) is 0 Å². The van der Waals surface area contributed by atoms with Crippen molar-refractivity contribution < 1.29 is 24.1 Å². The SMILES string of the molecule is COCCNC(=O)CCNCC(O)COCCOC. The number of methoxy groups -OCH3 is 2. The molecule has 0 saturated carbocycles. The molecule has 7 heteroatoms. The van der Waals surface area contributed by atoms with Crippen LogP contribution in [0.5, 0.6) is 0 Å². The van der Waals surface area contributed by atoms with Crippen molar-refractivity contribution >= 4 is 5.91 Å². The largest absolute Gasteiger partial charge is 0.389 e. The Morgan fingerprint density at radius 3 is 2.58 bits per heavy atom. The molecule has 0 aromatic heterocycles. The predicted molar refractivity (Wildman–Crippen MR) is 71.1 cm³/mol. The summed E-state index contributed by atoms with van der Waals surface area (Å²) in [5.41, 5.74) is 0. The van der Waals surface area contributed by atoms with E-state index in [0.29, 0.717) is 45.9 Å². The summed E-state index contributed by atoms with van der Waals surface area (Å²) in [5, 5.41) is 15.3. The molecular formula is C12H26N2O5. The van der Waals surface area contributed by atoms with Gasteiger partial charge >= 0.3 is 0 Å². The van der Waals surface area contributed by atoms with Gasteiger partial charge in [-0.25, -0.2) is 0 Å². The number of nitrogens with one attached hydrogen (secondary N) is 2. The van der Waals surface area contributed by atoms with Gasteiger partial charge in [0, 0.05) is 40.3 Å². The minimum Gasteiger partial charge on any atom is -0.389 e. The zero-order chi connectivity index (χ0) is 14.3. The minimum atomic E-state index is -0.576. The van der Waals surface area contributed by atoms with Crippen LogP contribution in [-0.2, 0) is 19.0 Å². The van der Waals surface area contributed by atoms with Crippen LogP contribution in [0.2, 0.25) is 0 Å². The van der Waals surface area contributed by atoms with Gasteiger partial charge in [0.15, 0.2) is 0 Å². The zero-order valence-corrected chi connectivity index (χ0v) is 11.8. The molecule has 0 fully saturated rings. The van der Waals surface area contributed by atoms with E-state index < -0.39 is 6.10 Å². The summed E-state index contributed by atoms with van der Waals surface area (Å²) in [7, 11) is 3.18. The van der Waals surface area contributed by atoms with Gasteiger partial charge in [-0.3, -0.25) is 4.79 Å². The van der Waals surface area contributed by atoms with Gasteiger partial charge in [-0.15, -0.1) is 0 Å². The van der Waals surface area contributed by atoms with Crippen molar-refractivity contribution in [3.8, 4) is 0 Å². The Morgan fingerprint density at radius 2 is 1.89 bits per heavy atom. The van der Waals surface area contributed by atoms with Crippen molar-refractivity contribution in [2.24, 2.45) is 0 Å². The lowest BCUT2D eigenvalue weighted by atomic mass is 10.3. The number of aliphatic hydroxyl groups excluding tert-OH is 1. The first-order valence-corrected chi connectivity index (χ1v) is 6.41. The minimum absolute atomic E-state index is 0.0321. The van der Waals surface area contributed by atoms with Crippen LogP contribution in [0, 0.1) is 0 Å². The molecule has 1 unspecified atom stereocenters. The third-order valence-electron chi connectivity index (χ3n) is 2.28. The Balaban J connectivity index is 3.30. The maximum Gasteiger partial charge on any atom is 0.221 e. The van der Waals surface area contributed by atoms with Crippen molar-refractivity contribution in [1.29, 1.82) is 0 Å². The fraction of sp³-hybridized carbons (Fsp3) is 0.917. The van der Waals surface area contributed by atoms with E-state index in [1.54, 1.807) is 14.2 Å². The smallest absolute Gasteiger partial charge is 0.221 e. The maximum atomic E-state index is 11.3. The van der Waals surface area contributed by atoms with Gasteiger partial charge in [-0.2, -0.15) is 0 Å². The lowest BCUT2D eigenvalue weighted by molar-refractivity contribution is -0.121. The maximum absolute atomic E-state index is 11.3. The second-order valence-electron chi connectivity index (χ2n) is 4.02. The Morgan fingerprint density at radius 1 is 1.16 bits per heavy atom. The molecule has 0 aromatic carbocycles. The molecule has 1 amide bonds. The van der Waals surface area contributed by atoms with Gasteiger partial charge in [0.2, 0.25) is 5.91 Å². The molecule has 0 saturated heterocycles. The summed E-state index contributed by atoms with van der Waals surface area (Å²) in [4.78, 5) is 11.3. The lowest BCUT2D eigenvalue weighted by Gasteiger charge is -2.12. The summed E-state index contributed by atoms with van der Waals surface area (Å²) in [6, 6.07) is 0. The molecule has 0 spiro atoms. The summed E-state index contributed by atoms with van der Waals surface area (Å²) < 4.78 is 14.8. The van der Waals surface area contributed by atoms with Crippen molar-refractivity contribution in [2.45, 2.75) is 12.5 Å². The van der Waals surface area contributed by atoms with E-state index >= 15 is 0 Å². The highest BCUT2D eigenvalue weighted by Crippen LogP contribution is 1.85. The summed E-state index contributed by atoms with van der Waals surface area (Å²) >= 11 is 0.